The highest BCUT2D eigenvalue weighted by molar-refractivity contribution is 5.83. The number of rotatable bonds is 2. The van der Waals surface area contributed by atoms with Crippen molar-refractivity contribution in [2.24, 2.45) is 11.1 Å². The first-order valence-corrected chi connectivity index (χ1v) is 8.63. The first-order chi connectivity index (χ1) is 10.5. The number of carbonyl (C=O) groups is 1. The Labute approximate surface area is 132 Å². The predicted octanol–water partition coefficient (Wildman–Crippen LogP) is 2.70. The molecule has 3 heteroatoms. The van der Waals surface area contributed by atoms with Crippen molar-refractivity contribution in [1.29, 1.82) is 0 Å². The fourth-order valence-electron chi connectivity index (χ4n) is 4.96. The van der Waals surface area contributed by atoms with Gasteiger partial charge in [-0.15, -0.1) is 0 Å². The van der Waals surface area contributed by atoms with Gasteiger partial charge in [-0.2, -0.15) is 0 Å². The highest BCUT2D eigenvalue weighted by Crippen LogP contribution is 2.49. The topological polar surface area (TPSA) is 52.3 Å². The lowest BCUT2D eigenvalue weighted by molar-refractivity contribution is -0.149. The zero-order valence-electron chi connectivity index (χ0n) is 13.4. The van der Waals surface area contributed by atoms with Crippen LogP contribution in [0.2, 0.25) is 0 Å². The molecule has 0 aromatic heterocycles. The molecule has 2 N–H and O–H groups in total. The molecule has 0 radical (unpaired) electrons. The Morgan fingerprint density at radius 1 is 1.05 bits per heavy atom. The van der Waals surface area contributed by atoms with Gasteiger partial charge in [-0.1, -0.05) is 25.0 Å². The van der Waals surface area contributed by atoms with Crippen LogP contribution in [0.1, 0.15) is 54.9 Å². The summed E-state index contributed by atoms with van der Waals surface area (Å²) in [6.45, 7) is 2.23. The maximum Gasteiger partial charge on any atom is 0.326 e. The molecule has 22 heavy (non-hydrogen) atoms. The lowest BCUT2D eigenvalue weighted by atomic mass is 9.83. The molecule has 3 aliphatic carbocycles. The molecule has 4 rings (SSSR count). The average Bonchev–Trinajstić information content (AvgIpc) is 3.13. The molecule has 1 fully saturated rings. The van der Waals surface area contributed by atoms with Gasteiger partial charge in [0.05, 0.1) is 6.61 Å². The Bertz CT molecular complexity index is 592. The maximum absolute atomic E-state index is 12.1. The largest absolute Gasteiger partial charge is 0.465 e. The lowest BCUT2D eigenvalue weighted by Gasteiger charge is -2.22. The molecule has 0 saturated heterocycles. The van der Waals surface area contributed by atoms with E-state index >= 15 is 0 Å². The van der Waals surface area contributed by atoms with Crippen LogP contribution in [-0.4, -0.2) is 18.1 Å². The number of ether oxygens (including phenoxy) is 1. The van der Waals surface area contributed by atoms with E-state index in [1.165, 1.54) is 60.8 Å². The third-order valence-electron chi connectivity index (χ3n) is 6.01. The maximum atomic E-state index is 12.1. The molecule has 1 saturated carbocycles. The van der Waals surface area contributed by atoms with Crippen molar-refractivity contribution in [3.8, 4) is 0 Å². The van der Waals surface area contributed by atoms with Crippen molar-refractivity contribution < 1.29 is 9.53 Å². The lowest BCUT2D eigenvalue weighted by Crippen LogP contribution is -2.50. The van der Waals surface area contributed by atoms with E-state index in [0.717, 1.165) is 0 Å². The zero-order valence-corrected chi connectivity index (χ0v) is 13.4. The minimum Gasteiger partial charge on any atom is -0.465 e. The Hall–Kier alpha value is -1.35. The van der Waals surface area contributed by atoms with Gasteiger partial charge in [0.15, 0.2) is 0 Å². The summed E-state index contributed by atoms with van der Waals surface area (Å²) in [6.07, 6.45) is 9.26. The van der Waals surface area contributed by atoms with Crippen molar-refractivity contribution in [3.63, 3.8) is 0 Å². The third-order valence-corrected chi connectivity index (χ3v) is 6.01. The van der Waals surface area contributed by atoms with Crippen molar-refractivity contribution in [3.05, 3.63) is 34.4 Å². The normalized spacial score (nSPS) is 23.5. The minimum absolute atomic E-state index is 0.251. The van der Waals surface area contributed by atoms with Gasteiger partial charge in [-0.25, -0.2) is 0 Å². The van der Waals surface area contributed by atoms with Gasteiger partial charge < -0.3 is 10.5 Å². The SMILES string of the molecule is CCOC(=O)C1(N)Cc2cc3c(cc2C1)CC1(CCCC1)C3. The molecular formula is C19H25NO2. The molecule has 1 aromatic rings. The van der Waals surface area contributed by atoms with Crippen LogP contribution in [0.5, 0.6) is 0 Å². The van der Waals surface area contributed by atoms with Crippen LogP contribution >= 0.6 is 0 Å². The van der Waals surface area contributed by atoms with E-state index < -0.39 is 5.54 Å². The van der Waals surface area contributed by atoms with Gasteiger partial charge in [0.2, 0.25) is 0 Å². The van der Waals surface area contributed by atoms with E-state index in [-0.39, 0.29) is 5.97 Å². The van der Waals surface area contributed by atoms with Crippen molar-refractivity contribution in [1.82, 2.24) is 0 Å². The molecule has 0 bridgehead atoms. The number of carbonyl (C=O) groups excluding carboxylic acids is 1. The molecule has 3 nitrogen and oxygen atoms in total. The van der Waals surface area contributed by atoms with E-state index in [0.29, 0.717) is 24.9 Å². The highest BCUT2D eigenvalue weighted by atomic mass is 16.5. The van der Waals surface area contributed by atoms with E-state index in [4.69, 9.17) is 10.5 Å². The van der Waals surface area contributed by atoms with Crippen LogP contribution in [0.3, 0.4) is 0 Å². The third kappa shape index (κ3) is 2.10. The second-order valence-electron chi connectivity index (χ2n) is 7.68. The number of hydrogen-bond acceptors (Lipinski definition) is 3. The molecule has 0 heterocycles. The Kier molecular flexibility index (Phi) is 3.12. The van der Waals surface area contributed by atoms with Gasteiger partial charge >= 0.3 is 5.97 Å². The summed E-state index contributed by atoms with van der Waals surface area (Å²) in [6, 6.07) is 4.68. The molecule has 0 amide bonds. The predicted molar refractivity (Wildman–Crippen MR) is 85.7 cm³/mol. The van der Waals surface area contributed by atoms with Gasteiger partial charge in [0.25, 0.3) is 0 Å². The summed E-state index contributed by atoms with van der Waals surface area (Å²) < 4.78 is 5.17. The average molecular weight is 299 g/mol. The van der Waals surface area contributed by atoms with Crippen molar-refractivity contribution in [2.75, 3.05) is 6.61 Å². The fourth-order valence-corrected chi connectivity index (χ4v) is 4.96. The second-order valence-corrected chi connectivity index (χ2v) is 7.68. The number of nitrogens with two attached hydrogens (primary N) is 1. The minimum atomic E-state index is -0.849. The smallest absolute Gasteiger partial charge is 0.326 e. The molecule has 0 aliphatic heterocycles. The van der Waals surface area contributed by atoms with Gasteiger partial charge in [-0.3, -0.25) is 4.79 Å². The molecule has 118 valence electrons. The first kappa shape index (κ1) is 14.3. The molecule has 3 aliphatic rings. The fraction of sp³-hybridized carbons (Fsp3) is 0.632. The van der Waals surface area contributed by atoms with Crippen LogP contribution in [-0.2, 0) is 35.2 Å². The van der Waals surface area contributed by atoms with Crippen LogP contribution in [0.15, 0.2) is 12.1 Å². The standard InChI is InChI=1S/C19H25NO2/c1-2-22-17(21)19(20)11-15-7-13-9-18(5-3-4-6-18)10-14(13)8-16(15)12-19/h7-8H,2-6,9-12,20H2,1H3. The summed E-state index contributed by atoms with van der Waals surface area (Å²) in [5.41, 5.74) is 11.6. The van der Waals surface area contributed by atoms with Gasteiger partial charge in [0.1, 0.15) is 5.54 Å². The van der Waals surface area contributed by atoms with Gasteiger partial charge in [-0.05, 0) is 60.3 Å². The van der Waals surface area contributed by atoms with E-state index in [9.17, 15) is 4.79 Å². The first-order valence-electron chi connectivity index (χ1n) is 8.63. The molecule has 0 atom stereocenters. The Morgan fingerprint density at radius 2 is 1.55 bits per heavy atom. The number of fused-ring (bicyclic) bond motifs is 2. The Balaban J connectivity index is 1.60. The van der Waals surface area contributed by atoms with Crippen LogP contribution in [0.25, 0.3) is 0 Å². The zero-order chi connectivity index (χ0) is 15.4. The molecule has 1 aromatic carbocycles. The summed E-state index contributed by atoms with van der Waals surface area (Å²) >= 11 is 0. The highest BCUT2D eigenvalue weighted by Gasteiger charge is 2.44. The number of esters is 1. The van der Waals surface area contributed by atoms with Crippen LogP contribution in [0.4, 0.5) is 0 Å². The van der Waals surface area contributed by atoms with Gasteiger partial charge in [0, 0.05) is 12.8 Å². The second kappa shape index (κ2) is 4.82. The molecular weight excluding hydrogens is 274 g/mol. The Morgan fingerprint density at radius 3 is 2.05 bits per heavy atom. The van der Waals surface area contributed by atoms with Crippen LogP contribution < -0.4 is 5.73 Å². The number of hydrogen-bond donors (Lipinski definition) is 1. The van der Waals surface area contributed by atoms with E-state index in [2.05, 4.69) is 12.1 Å². The molecule has 0 unspecified atom stereocenters. The quantitative estimate of drug-likeness (QED) is 0.854. The van der Waals surface area contributed by atoms with E-state index in [1.54, 1.807) is 0 Å². The van der Waals surface area contributed by atoms with Crippen molar-refractivity contribution >= 4 is 5.97 Å². The number of benzene rings is 1. The summed E-state index contributed by atoms with van der Waals surface area (Å²) in [5.74, 6) is -0.251. The van der Waals surface area contributed by atoms with E-state index in [1.807, 2.05) is 6.92 Å². The van der Waals surface area contributed by atoms with Crippen molar-refractivity contribution in [2.45, 2.75) is 63.8 Å². The van der Waals surface area contributed by atoms with Crippen LogP contribution in [0, 0.1) is 5.41 Å². The summed E-state index contributed by atoms with van der Waals surface area (Å²) in [5, 5.41) is 0. The summed E-state index contributed by atoms with van der Waals surface area (Å²) in [7, 11) is 0. The summed E-state index contributed by atoms with van der Waals surface area (Å²) in [4.78, 5) is 12.1. The monoisotopic (exact) mass is 299 g/mol. The molecule has 1 spiro atoms.